The first-order chi connectivity index (χ1) is 19.7. The van der Waals surface area contributed by atoms with E-state index in [0.29, 0.717) is 0 Å². The number of nitrogens with zero attached hydrogens (tertiary/aromatic N) is 1. The van der Waals surface area contributed by atoms with Gasteiger partial charge in [-0.1, -0.05) is 117 Å². The molecular weight excluding hydrogens is 501 g/mol. The molecule has 0 fully saturated rings. The molecule has 0 bridgehead atoms. The van der Waals surface area contributed by atoms with Gasteiger partial charge in [0.05, 0.1) is 11.0 Å². The van der Waals surface area contributed by atoms with E-state index in [1.807, 2.05) is 0 Å². The molecule has 0 aliphatic rings. The number of hydrogen-bond acceptors (Lipinski definition) is 0. The Hall–Kier alpha value is -4.45. The molecule has 0 unspecified atom stereocenters. The van der Waals surface area contributed by atoms with Crippen molar-refractivity contribution in [2.24, 2.45) is 0 Å². The minimum Gasteiger partial charge on any atom is -0.309 e. The molecule has 0 amide bonds. The van der Waals surface area contributed by atoms with Crippen molar-refractivity contribution in [3.05, 3.63) is 146 Å². The molecule has 0 atom stereocenters. The van der Waals surface area contributed by atoms with E-state index in [-0.39, 0.29) is 7.92 Å². The van der Waals surface area contributed by atoms with Crippen LogP contribution in [-0.4, -0.2) is 17.9 Å². The molecule has 2 heteroatoms. The van der Waals surface area contributed by atoms with Gasteiger partial charge >= 0.3 is 0 Å². The van der Waals surface area contributed by atoms with Crippen molar-refractivity contribution >= 4 is 35.0 Å². The minimum absolute atomic E-state index is 0.178. The van der Waals surface area contributed by atoms with E-state index in [0.717, 1.165) is 0 Å². The predicted molar refractivity (Wildman–Crippen MR) is 175 cm³/mol. The average Bonchev–Trinajstić information content (AvgIpc) is 3.35. The molecule has 7 aromatic rings. The van der Waals surface area contributed by atoms with Gasteiger partial charge in [-0.05, 0) is 88.4 Å². The largest absolute Gasteiger partial charge is 0.309 e. The SMILES string of the molecule is CP(C)c1cccc(-n2c3ccc(-c4ccccc4)cc3c3cc(-c4ccc(-c5ccccc5)cc4)ccc32)c1. The zero-order chi connectivity index (χ0) is 27.1. The Balaban J connectivity index is 1.42. The van der Waals surface area contributed by atoms with Gasteiger partial charge in [0.2, 0.25) is 0 Å². The number of benzene rings is 6. The molecule has 0 saturated carbocycles. The Labute approximate surface area is 237 Å². The maximum absolute atomic E-state index is 2.43. The van der Waals surface area contributed by atoms with Crippen LogP contribution in [0.15, 0.2) is 146 Å². The Bertz CT molecular complexity index is 1950. The maximum atomic E-state index is 2.43. The zero-order valence-electron chi connectivity index (χ0n) is 22.8. The summed E-state index contributed by atoms with van der Waals surface area (Å²) in [6.07, 6.45) is 0. The Morgan fingerprint density at radius 3 is 1.38 bits per heavy atom. The molecule has 1 aromatic heterocycles. The van der Waals surface area contributed by atoms with Crippen LogP contribution in [0, 0.1) is 0 Å². The molecule has 6 aromatic carbocycles. The van der Waals surface area contributed by atoms with Crippen LogP contribution in [-0.2, 0) is 0 Å². The molecule has 0 spiro atoms. The summed E-state index contributed by atoms with van der Waals surface area (Å²) in [5.41, 5.74) is 11.1. The highest BCUT2D eigenvalue weighted by atomic mass is 31.1. The van der Waals surface area contributed by atoms with Crippen LogP contribution in [0.2, 0.25) is 0 Å². The van der Waals surface area contributed by atoms with E-state index in [1.165, 1.54) is 66.2 Å². The van der Waals surface area contributed by atoms with Crippen LogP contribution in [0.5, 0.6) is 0 Å². The fourth-order valence-electron chi connectivity index (χ4n) is 5.69. The topological polar surface area (TPSA) is 4.93 Å². The number of aromatic nitrogens is 1. The van der Waals surface area contributed by atoms with Crippen molar-refractivity contribution < 1.29 is 0 Å². The maximum Gasteiger partial charge on any atom is 0.0541 e. The second-order valence-corrected chi connectivity index (χ2v) is 12.8. The monoisotopic (exact) mass is 531 g/mol. The first kappa shape index (κ1) is 24.6. The first-order valence-electron chi connectivity index (χ1n) is 13.7. The van der Waals surface area contributed by atoms with Gasteiger partial charge in [0, 0.05) is 16.5 Å². The molecule has 192 valence electrons. The molecule has 0 aliphatic carbocycles. The van der Waals surface area contributed by atoms with Gasteiger partial charge in [-0.3, -0.25) is 0 Å². The van der Waals surface area contributed by atoms with Gasteiger partial charge in [0.15, 0.2) is 0 Å². The van der Waals surface area contributed by atoms with Crippen molar-refractivity contribution in [1.29, 1.82) is 0 Å². The van der Waals surface area contributed by atoms with Gasteiger partial charge < -0.3 is 4.57 Å². The summed E-state index contributed by atoms with van der Waals surface area (Å²) >= 11 is 0. The second-order valence-electron chi connectivity index (χ2n) is 10.5. The molecule has 7 rings (SSSR count). The molecule has 0 saturated heterocycles. The molecule has 0 radical (unpaired) electrons. The van der Waals surface area contributed by atoms with Crippen molar-refractivity contribution in [3.63, 3.8) is 0 Å². The lowest BCUT2D eigenvalue weighted by atomic mass is 9.98. The molecule has 0 aliphatic heterocycles. The van der Waals surface area contributed by atoms with Crippen LogP contribution >= 0.6 is 7.92 Å². The summed E-state index contributed by atoms with van der Waals surface area (Å²) in [6, 6.07) is 53.1. The van der Waals surface area contributed by atoms with Crippen molar-refractivity contribution in [3.8, 4) is 39.1 Å². The van der Waals surface area contributed by atoms with E-state index >= 15 is 0 Å². The molecule has 1 nitrogen and oxygen atoms in total. The molecule has 0 N–H and O–H groups in total. The zero-order valence-corrected chi connectivity index (χ0v) is 23.6. The van der Waals surface area contributed by atoms with Crippen LogP contribution in [0.1, 0.15) is 0 Å². The normalized spacial score (nSPS) is 11.5. The summed E-state index contributed by atoms with van der Waals surface area (Å²) in [6.45, 7) is 4.64. The molecular formula is C38H30NP. The van der Waals surface area contributed by atoms with Gasteiger partial charge in [-0.2, -0.15) is 0 Å². The Morgan fingerprint density at radius 2 is 0.850 bits per heavy atom. The number of hydrogen-bond donors (Lipinski definition) is 0. The molecule has 1 heterocycles. The van der Waals surface area contributed by atoms with Gasteiger partial charge in [0.1, 0.15) is 0 Å². The van der Waals surface area contributed by atoms with Gasteiger partial charge in [0.25, 0.3) is 0 Å². The van der Waals surface area contributed by atoms with Gasteiger partial charge in [-0.15, -0.1) is 0 Å². The predicted octanol–water partition coefficient (Wildman–Crippen LogP) is 10.2. The minimum atomic E-state index is -0.178. The highest BCUT2D eigenvalue weighted by Gasteiger charge is 2.15. The highest BCUT2D eigenvalue weighted by Crippen LogP contribution is 2.38. The van der Waals surface area contributed by atoms with Gasteiger partial charge in [-0.25, -0.2) is 0 Å². The summed E-state index contributed by atoms with van der Waals surface area (Å²) in [5, 5.41) is 3.97. The second kappa shape index (κ2) is 10.3. The summed E-state index contributed by atoms with van der Waals surface area (Å²) in [7, 11) is -0.178. The lowest BCUT2D eigenvalue weighted by Crippen LogP contribution is -2.02. The lowest BCUT2D eigenvalue weighted by molar-refractivity contribution is 1.18. The third-order valence-corrected chi connectivity index (χ3v) is 9.11. The number of rotatable bonds is 5. The summed E-state index contributed by atoms with van der Waals surface area (Å²) < 4.78 is 2.43. The third kappa shape index (κ3) is 4.43. The van der Waals surface area contributed by atoms with E-state index in [9.17, 15) is 0 Å². The quantitative estimate of drug-likeness (QED) is 0.195. The van der Waals surface area contributed by atoms with Crippen LogP contribution < -0.4 is 5.30 Å². The van der Waals surface area contributed by atoms with Crippen LogP contribution in [0.3, 0.4) is 0 Å². The Morgan fingerprint density at radius 1 is 0.400 bits per heavy atom. The fourth-order valence-corrected chi connectivity index (χ4v) is 6.46. The van der Waals surface area contributed by atoms with E-state index in [2.05, 4.69) is 163 Å². The first-order valence-corrected chi connectivity index (χ1v) is 16.0. The van der Waals surface area contributed by atoms with Crippen molar-refractivity contribution in [2.45, 2.75) is 0 Å². The van der Waals surface area contributed by atoms with Crippen molar-refractivity contribution in [1.82, 2.24) is 4.57 Å². The standard InChI is InChI=1S/C38H30NP/c1-40(2)34-15-9-14-33(26-34)39-37-22-20-31(28-12-7-4-8-13-28)24-35(37)36-25-32(21-23-38(36)39)30-18-16-29(17-19-30)27-10-5-3-6-11-27/h3-26H,1-2H3. The van der Waals surface area contributed by atoms with E-state index in [1.54, 1.807) is 0 Å². The number of fused-ring (bicyclic) bond motifs is 3. The third-order valence-electron chi connectivity index (χ3n) is 7.80. The lowest BCUT2D eigenvalue weighted by Gasteiger charge is -2.12. The summed E-state index contributed by atoms with van der Waals surface area (Å²) in [5.74, 6) is 0. The summed E-state index contributed by atoms with van der Waals surface area (Å²) in [4.78, 5) is 0. The van der Waals surface area contributed by atoms with Crippen LogP contribution in [0.25, 0.3) is 60.9 Å². The van der Waals surface area contributed by atoms with Crippen LogP contribution in [0.4, 0.5) is 0 Å². The Kier molecular flexibility index (Phi) is 6.31. The van der Waals surface area contributed by atoms with E-state index < -0.39 is 0 Å². The fraction of sp³-hybridized carbons (Fsp3) is 0.0526. The smallest absolute Gasteiger partial charge is 0.0541 e. The molecule has 40 heavy (non-hydrogen) atoms. The van der Waals surface area contributed by atoms with E-state index in [4.69, 9.17) is 0 Å². The average molecular weight is 532 g/mol. The van der Waals surface area contributed by atoms with Crippen molar-refractivity contribution in [2.75, 3.05) is 13.3 Å². The highest BCUT2D eigenvalue weighted by molar-refractivity contribution is 7.64.